The maximum atomic E-state index is 13.8. The van der Waals surface area contributed by atoms with Gasteiger partial charge in [-0.25, -0.2) is 4.39 Å². The first-order valence-corrected chi connectivity index (χ1v) is 10.9. The number of benzene rings is 2. The molecule has 2 aromatic rings. The largest absolute Gasteiger partial charge is 0.493 e. The van der Waals surface area contributed by atoms with E-state index in [9.17, 15) is 4.39 Å². The molecule has 0 spiro atoms. The zero-order valence-corrected chi connectivity index (χ0v) is 18.1. The van der Waals surface area contributed by atoms with Gasteiger partial charge >= 0.3 is 0 Å². The summed E-state index contributed by atoms with van der Waals surface area (Å²) in [6.45, 7) is 0.953. The Morgan fingerprint density at radius 3 is 2.50 bits per heavy atom. The van der Waals surface area contributed by atoms with Crippen LogP contribution in [0.25, 0.3) is 0 Å². The van der Waals surface area contributed by atoms with Gasteiger partial charge < -0.3 is 14.8 Å². The Kier molecular flexibility index (Phi) is 8.16. The number of hydrogen-bond acceptors (Lipinski definition) is 3. The van der Waals surface area contributed by atoms with E-state index in [1.807, 2.05) is 6.07 Å². The van der Waals surface area contributed by atoms with E-state index in [0.717, 1.165) is 16.6 Å². The van der Waals surface area contributed by atoms with Crippen LogP contribution in [0.15, 0.2) is 40.9 Å². The fourth-order valence-corrected chi connectivity index (χ4v) is 4.31. The van der Waals surface area contributed by atoms with Crippen molar-refractivity contribution in [3.63, 3.8) is 0 Å². The monoisotopic (exact) mass is 449 g/mol. The number of rotatable bonds is 7. The third-order valence-electron chi connectivity index (χ3n) is 5.32. The predicted octanol–water partition coefficient (Wildman–Crippen LogP) is 6.38. The highest BCUT2D eigenvalue weighted by molar-refractivity contribution is 9.10. The summed E-state index contributed by atoms with van der Waals surface area (Å²) < 4.78 is 26.1. The fourth-order valence-electron chi connectivity index (χ4n) is 3.70. The molecule has 0 bridgehead atoms. The van der Waals surface area contributed by atoms with Crippen LogP contribution in [-0.2, 0) is 13.2 Å². The lowest BCUT2D eigenvalue weighted by Crippen LogP contribution is -2.29. The number of halogens is 2. The Labute approximate surface area is 175 Å². The molecule has 5 heteroatoms. The van der Waals surface area contributed by atoms with Gasteiger partial charge in [0.1, 0.15) is 12.4 Å². The molecular formula is C23H29BrFNO2. The summed E-state index contributed by atoms with van der Waals surface area (Å²) in [6, 6.07) is 11.3. The second kappa shape index (κ2) is 10.8. The van der Waals surface area contributed by atoms with Gasteiger partial charge in [0.05, 0.1) is 11.6 Å². The second-order valence-corrected chi connectivity index (χ2v) is 8.27. The number of nitrogens with one attached hydrogen (secondary N) is 1. The van der Waals surface area contributed by atoms with Gasteiger partial charge in [0.15, 0.2) is 11.5 Å². The van der Waals surface area contributed by atoms with Gasteiger partial charge in [0.25, 0.3) is 0 Å². The lowest BCUT2D eigenvalue weighted by Gasteiger charge is -2.21. The smallest absolute Gasteiger partial charge is 0.175 e. The molecule has 1 aliphatic rings. The van der Waals surface area contributed by atoms with Crippen molar-refractivity contribution in [3.8, 4) is 11.5 Å². The summed E-state index contributed by atoms with van der Waals surface area (Å²) in [4.78, 5) is 0. The van der Waals surface area contributed by atoms with Gasteiger partial charge in [-0.15, -0.1) is 0 Å². The molecule has 1 saturated carbocycles. The first kappa shape index (κ1) is 21.1. The fraction of sp³-hybridized carbons (Fsp3) is 0.478. The Morgan fingerprint density at radius 2 is 1.79 bits per heavy atom. The normalized spacial score (nSPS) is 15.7. The van der Waals surface area contributed by atoms with Crippen LogP contribution in [0.3, 0.4) is 0 Å². The molecule has 0 heterocycles. The van der Waals surface area contributed by atoms with Gasteiger partial charge in [0.2, 0.25) is 0 Å². The van der Waals surface area contributed by atoms with Gasteiger partial charge in [-0.3, -0.25) is 0 Å². The molecule has 2 aromatic carbocycles. The van der Waals surface area contributed by atoms with Crippen LogP contribution in [0.2, 0.25) is 0 Å². The SMILES string of the molecule is COc1cc(CNC2CCCCCCC2)cc(Br)c1OCc1ccccc1F. The van der Waals surface area contributed by atoms with Crippen molar-refractivity contribution in [3.05, 3.63) is 57.8 Å². The van der Waals surface area contributed by atoms with Crippen LogP contribution in [0, 0.1) is 5.82 Å². The van der Waals surface area contributed by atoms with E-state index in [4.69, 9.17) is 9.47 Å². The van der Waals surface area contributed by atoms with Crippen LogP contribution in [0.4, 0.5) is 4.39 Å². The highest BCUT2D eigenvalue weighted by atomic mass is 79.9. The van der Waals surface area contributed by atoms with E-state index in [0.29, 0.717) is 23.1 Å². The van der Waals surface area contributed by atoms with E-state index < -0.39 is 0 Å². The summed E-state index contributed by atoms with van der Waals surface area (Å²) in [5.41, 5.74) is 1.66. The molecular weight excluding hydrogens is 421 g/mol. The zero-order valence-electron chi connectivity index (χ0n) is 16.5. The molecule has 0 saturated heterocycles. The Morgan fingerprint density at radius 1 is 1.07 bits per heavy atom. The van der Waals surface area contributed by atoms with Gasteiger partial charge in [-0.2, -0.15) is 0 Å². The summed E-state index contributed by atoms with van der Waals surface area (Å²) in [5, 5.41) is 3.70. The molecule has 0 atom stereocenters. The van der Waals surface area contributed by atoms with E-state index in [1.54, 1.807) is 25.3 Å². The van der Waals surface area contributed by atoms with Crippen molar-refractivity contribution in [2.75, 3.05) is 7.11 Å². The molecule has 1 N–H and O–H groups in total. The summed E-state index contributed by atoms with van der Waals surface area (Å²) in [5.74, 6) is 0.984. The maximum Gasteiger partial charge on any atom is 0.175 e. The summed E-state index contributed by atoms with van der Waals surface area (Å²) >= 11 is 3.59. The van der Waals surface area contributed by atoms with Gasteiger partial charge in [0, 0.05) is 18.2 Å². The summed E-state index contributed by atoms with van der Waals surface area (Å²) in [6.07, 6.45) is 9.22. The molecule has 0 aromatic heterocycles. The van der Waals surface area contributed by atoms with E-state index in [-0.39, 0.29) is 12.4 Å². The molecule has 0 amide bonds. The van der Waals surface area contributed by atoms with Crippen LogP contribution < -0.4 is 14.8 Å². The average Bonchev–Trinajstić information content (AvgIpc) is 2.67. The van der Waals surface area contributed by atoms with Crippen LogP contribution in [0.1, 0.15) is 56.1 Å². The van der Waals surface area contributed by atoms with Crippen molar-refractivity contribution >= 4 is 15.9 Å². The van der Waals surface area contributed by atoms with Crippen LogP contribution in [-0.4, -0.2) is 13.2 Å². The molecule has 1 aliphatic carbocycles. The van der Waals surface area contributed by atoms with Crippen molar-refractivity contribution in [2.45, 2.75) is 64.1 Å². The quantitative estimate of drug-likeness (QED) is 0.531. The third kappa shape index (κ3) is 5.95. The van der Waals surface area contributed by atoms with Crippen molar-refractivity contribution in [1.82, 2.24) is 5.32 Å². The Bertz CT molecular complexity index is 760. The minimum Gasteiger partial charge on any atom is -0.493 e. The highest BCUT2D eigenvalue weighted by Crippen LogP contribution is 2.37. The number of methoxy groups -OCH3 is 1. The van der Waals surface area contributed by atoms with Crippen molar-refractivity contribution in [1.29, 1.82) is 0 Å². The minimum atomic E-state index is -0.266. The maximum absolute atomic E-state index is 13.8. The van der Waals surface area contributed by atoms with Crippen molar-refractivity contribution < 1.29 is 13.9 Å². The lowest BCUT2D eigenvalue weighted by molar-refractivity contribution is 0.277. The van der Waals surface area contributed by atoms with Crippen LogP contribution in [0.5, 0.6) is 11.5 Å². The van der Waals surface area contributed by atoms with E-state index in [2.05, 4.69) is 27.3 Å². The third-order valence-corrected chi connectivity index (χ3v) is 5.91. The standard InChI is InChI=1S/C23H29BrFNO2/c1-27-22-14-17(15-26-19-10-5-3-2-4-6-11-19)13-20(24)23(22)28-16-18-9-7-8-12-21(18)25/h7-9,12-14,19,26H,2-6,10-11,15-16H2,1H3. The highest BCUT2D eigenvalue weighted by Gasteiger charge is 2.15. The molecule has 0 radical (unpaired) electrons. The second-order valence-electron chi connectivity index (χ2n) is 7.41. The molecule has 0 aliphatic heterocycles. The Hall–Kier alpha value is -1.59. The van der Waals surface area contributed by atoms with E-state index in [1.165, 1.54) is 51.0 Å². The number of hydrogen-bond donors (Lipinski definition) is 1. The van der Waals surface area contributed by atoms with E-state index >= 15 is 0 Å². The molecule has 1 fully saturated rings. The molecule has 3 rings (SSSR count). The Balaban J connectivity index is 1.64. The predicted molar refractivity (Wildman–Crippen MR) is 114 cm³/mol. The zero-order chi connectivity index (χ0) is 19.8. The molecule has 0 unspecified atom stereocenters. The van der Waals surface area contributed by atoms with Gasteiger partial charge in [-0.05, 0) is 52.5 Å². The first-order valence-electron chi connectivity index (χ1n) is 10.1. The summed E-state index contributed by atoms with van der Waals surface area (Å²) in [7, 11) is 1.63. The minimum absolute atomic E-state index is 0.154. The lowest BCUT2D eigenvalue weighted by atomic mass is 9.96. The molecule has 3 nitrogen and oxygen atoms in total. The molecule has 28 heavy (non-hydrogen) atoms. The van der Waals surface area contributed by atoms with Crippen molar-refractivity contribution in [2.24, 2.45) is 0 Å². The molecule has 152 valence electrons. The first-order chi connectivity index (χ1) is 13.7. The number of ether oxygens (including phenoxy) is 2. The topological polar surface area (TPSA) is 30.5 Å². The van der Waals surface area contributed by atoms with Crippen LogP contribution >= 0.6 is 15.9 Å². The average molecular weight is 450 g/mol. The van der Waals surface area contributed by atoms with Gasteiger partial charge in [-0.1, -0.05) is 50.3 Å².